The van der Waals surface area contributed by atoms with E-state index < -0.39 is 0 Å². The number of nitrogens with zero attached hydrogens (tertiary/aromatic N) is 2. The zero-order valence-corrected chi connectivity index (χ0v) is 15.0. The number of benzene rings is 1. The molecule has 0 saturated carbocycles. The normalized spacial score (nSPS) is 25.0. The van der Waals surface area contributed by atoms with Gasteiger partial charge < -0.3 is 10.2 Å². The van der Waals surface area contributed by atoms with E-state index in [2.05, 4.69) is 19.2 Å². The van der Waals surface area contributed by atoms with Gasteiger partial charge in [0.1, 0.15) is 0 Å². The predicted molar refractivity (Wildman–Crippen MR) is 96.8 cm³/mol. The summed E-state index contributed by atoms with van der Waals surface area (Å²) in [5.41, 5.74) is 1.27. The summed E-state index contributed by atoms with van der Waals surface area (Å²) in [5, 5.41) is 14.9. The molecule has 136 valence electrons. The molecular formula is C19H27N3O3. The molecule has 2 atom stereocenters. The van der Waals surface area contributed by atoms with Crippen LogP contribution in [0.15, 0.2) is 18.2 Å². The Hall–Kier alpha value is -1.95. The molecule has 1 aromatic rings. The fourth-order valence-corrected chi connectivity index (χ4v) is 4.44. The minimum Gasteiger partial charge on any atom is -0.338 e. The summed E-state index contributed by atoms with van der Waals surface area (Å²) < 4.78 is 0. The van der Waals surface area contributed by atoms with Gasteiger partial charge in [0.15, 0.2) is 0 Å². The highest BCUT2D eigenvalue weighted by molar-refractivity contribution is 5.97. The van der Waals surface area contributed by atoms with Gasteiger partial charge in [-0.15, -0.1) is 0 Å². The van der Waals surface area contributed by atoms with Crippen LogP contribution in [0.5, 0.6) is 0 Å². The largest absolute Gasteiger partial charge is 0.338 e. The van der Waals surface area contributed by atoms with Gasteiger partial charge in [-0.25, -0.2) is 0 Å². The maximum atomic E-state index is 13.2. The first-order chi connectivity index (χ1) is 12.0. The molecule has 0 spiro atoms. The molecular weight excluding hydrogens is 318 g/mol. The standard InChI is InChI=1S/C19H27N3O3/c1-13-10-14(2)12-21(11-13)19(23)16-4-3-5-17(22(24)25)18(16)15-6-8-20-9-7-15/h3-5,13-15,20H,6-12H2,1-2H3. The molecule has 2 aliphatic rings. The third-order valence-corrected chi connectivity index (χ3v) is 5.41. The average Bonchev–Trinajstić information content (AvgIpc) is 2.60. The fourth-order valence-electron chi connectivity index (χ4n) is 4.44. The lowest BCUT2D eigenvalue weighted by molar-refractivity contribution is -0.385. The Bertz CT molecular complexity index is 645. The van der Waals surface area contributed by atoms with Crippen molar-refractivity contribution in [3.05, 3.63) is 39.4 Å². The maximum absolute atomic E-state index is 13.2. The summed E-state index contributed by atoms with van der Waals surface area (Å²) in [5.74, 6) is 0.958. The summed E-state index contributed by atoms with van der Waals surface area (Å²) in [6, 6.07) is 4.96. The molecule has 0 aliphatic carbocycles. The Morgan fingerprint density at radius 1 is 1.20 bits per heavy atom. The highest BCUT2D eigenvalue weighted by Gasteiger charge is 2.33. The van der Waals surface area contributed by atoms with Crippen LogP contribution in [0.3, 0.4) is 0 Å². The molecule has 25 heavy (non-hydrogen) atoms. The molecule has 0 aromatic heterocycles. The van der Waals surface area contributed by atoms with Gasteiger partial charge in [-0.3, -0.25) is 14.9 Å². The van der Waals surface area contributed by atoms with E-state index in [1.165, 1.54) is 6.07 Å². The maximum Gasteiger partial charge on any atom is 0.273 e. The second-order valence-electron chi connectivity index (χ2n) is 7.68. The van der Waals surface area contributed by atoms with Gasteiger partial charge in [0.25, 0.3) is 11.6 Å². The number of nitrogens with one attached hydrogen (secondary N) is 1. The summed E-state index contributed by atoms with van der Waals surface area (Å²) in [4.78, 5) is 26.4. The Balaban J connectivity index is 1.98. The van der Waals surface area contributed by atoms with Crippen LogP contribution in [0.25, 0.3) is 0 Å². The molecule has 2 fully saturated rings. The van der Waals surface area contributed by atoms with Crippen molar-refractivity contribution in [2.24, 2.45) is 11.8 Å². The SMILES string of the molecule is CC1CC(C)CN(C(=O)c2cccc([N+](=O)[O-])c2C2CCNCC2)C1. The van der Waals surface area contributed by atoms with Gasteiger partial charge in [-0.2, -0.15) is 0 Å². The number of amides is 1. The molecule has 0 bridgehead atoms. The number of carbonyl (C=O) groups is 1. The lowest BCUT2D eigenvalue weighted by Gasteiger charge is -2.36. The summed E-state index contributed by atoms with van der Waals surface area (Å²) in [6.07, 6.45) is 2.79. The van der Waals surface area contributed by atoms with Gasteiger partial charge in [-0.05, 0) is 56.2 Å². The van der Waals surface area contributed by atoms with E-state index >= 15 is 0 Å². The van der Waals surface area contributed by atoms with Crippen molar-refractivity contribution in [3.8, 4) is 0 Å². The smallest absolute Gasteiger partial charge is 0.273 e. The second-order valence-corrected chi connectivity index (χ2v) is 7.68. The quantitative estimate of drug-likeness (QED) is 0.674. The number of likely N-dealkylation sites (tertiary alicyclic amines) is 1. The van der Waals surface area contributed by atoms with Crippen molar-refractivity contribution in [2.45, 2.75) is 39.0 Å². The van der Waals surface area contributed by atoms with Gasteiger partial charge in [0.2, 0.25) is 0 Å². The van der Waals surface area contributed by atoms with Crippen molar-refractivity contribution in [3.63, 3.8) is 0 Å². The third kappa shape index (κ3) is 3.84. The number of piperidine rings is 2. The molecule has 1 aromatic carbocycles. The Kier molecular flexibility index (Phi) is 5.37. The van der Waals surface area contributed by atoms with Crippen LogP contribution in [-0.4, -0.2) is 41.9 Å². The Morgan fingerprint density at radius 2 is 1.84 bits per heavy atom. The molecule has 2 heterocycles. The van der Waals surface area contributed by atoms with E-state index in [1.54, 1.807) is 12.1 Å². The van der Waals surface area contributed by atoms with Crippen LogP contribution in [0, 0.1) is 22.0 Å². The Labute approximate surface area is 148 Å². The van der Waals surface area contributed by atoms with Crippen LogP contribution in [0.4, 0.5) is 5.69 Å². The fraction of sp³-hybridized carbons (Fsp3) is 0.632. The van der Waals surface area contributed by atoms with Crippen LogP contribution in [0.1, 0.15) is 54.9 Å². The Morgan fingerprint density at radius 3 is 2.44 bits per heavy atom. The number of carbonyl (C=O) groups excluding carboxylic acids is 1. The molecule has 6 nitrogen and oxygen atoms in total. The first-order valence-electron chi connectivity index (χ1n) is 9.24. The van der Waals surface area contributed by atoms with E-state index in [0.29, 0.717) is 23.0 Å². The zero-order chi connectivity index (χ0) is 18.0. The molecule has 1 amide bonds. The van der Waals surface area contributed by atoms with Crippen molar-refractivity contribution >= 4 is 11.6 Å². The minimum atomic E-state index is -0.338. The van der Waals surface area contributed by atoms with Crippen molar-refractivity contribution in [1.82, 2.24) is 10.2 Å². The lowest BCUT2D eigenvalue weighted by atomic mass is 9.84. The summed E-state index contributed by atoms with van der Waals surface area (Å²) >= 11 is 0. The average molecular weight is 345 g/mol. The number of hydrogen-bond donors (Lipinski definition) is 1. The minimum absolute atomic E-state index is 0.0457. The van der Waals surface area contributed by atoms with Crippen LogP contribution >= 0.6 is 0 Å². The van der Waals surface area contributed by atoms with Crippen LogP contribution in [0.2, 0.25) is 0 Å². The van der Waals surface area contributed by atoms with Gasteiger partial charge in [0, 0.05) is 30.3 Å². The molecule has 2 saturated heterocycles. The van der Waals surface area contributed by atoms with E-state index in [9.17, 15) is 14.9 Å². The highest BCUT2D eigenvalue weighted by atomic mass is 16.6. The second kappa shape index (κ2) is 7.52. The number of nitro groups is 1. The van der Waals surface area contributed by atoms with Gasteiger partial charge in [0.05, 0.1) is 4.92 Å². The third-order valence-electron chi connectivity index (χ3n) is 5.41. The van der Waals surface area contributed by atoms with Crippen molar-refractivity contribution < 1.29 is 9.72 Å². The molecule has 6 heteroatoms. The van der Waals surface area contributed by atoms with E-state index in [-0.39, 0.29) is 22.4 Å². The lowest BCUT2D eigenvalue weighted by Crippen LogP contribution is -2.43. The molecule has 1 N–H and O–H groups in total. The number of nitro benzene ring substituents is 1. The predicted octanol–water partition coefficient (Wildman–Crippen LogP) is 3.18. The molecule has 0 radical (unpaired) electrons. The zero-order valence-electron chi connectivity index (χ0n) is 15.0. The van der Waals surface area contributed by atoms with E-state index in [4.69, 9.17) is 0 Å². The van der Waals surface area contributed by atoms with Crippen molar-refractivity contribution in [2.75, 3.05) is 26.2 Å². The first-order valence-corrected chi connectivity index (χ1v) is 9.24. The molecule has 2 unspecified atom stereocenters. The topological polar surface area (TPSA) is 75.5 Å². The van der Waals surface area contributed by atoms with Crippen molar-refractivity contribution in [1.29, 1.82) is 0 Å². The van der Waals surface area contributed by atoms with Gasteiger partial charge in [-0.1, -0.05) is 19.9 Å². The van der Waals surface area contributed by atoms with E-state index in [0.717, 1.165) is 45.4 Å². The number of hydrogen-bond acceptors (Lipinski definition) is 4. The first kappa shape index (κ1) is 17.9. The van der Waals surface area contributed by atoms with Crippen LogP contribution < -0.4 is 5.32 Å². The van der Waals surface area contributed by atoms with Crippen LogP contribution in [-0.2, 0) is 0 Å². The monoisotopic (exact) mass is 345 g/mol. The van der Waals surface area contributed by atoms with E-state index in [1.807, 2.05) is 4.90 Å². The highest BCUT2D eigenvalue weighted by Crippen LogP contribution is 2.36. The van der Waals surface area contributed by atoms with Gasteiger partial charge >= 0.3 is 0 Å². The number of rotatable bonds is 3. The molecule has 2 aliphatic heterocycles. The summed E-state index contributed by atoms with van der Waals surface area (Å²) in [7, 11) is 0. The summed E-state index contributed by atoms with van der Waals surface area (Å²) in [6.45, 7) is 7.47. The molecule has 3 rings (SSSR count).